The molecule has 80 valence electrons. The van der Waals surface area contributed by atoms with Crippen molar-refractivity contribution >= 4 is 33.4 Å². The highest BCUT2D eigenvalue weighted by atomic mass is 127. The van der Waals surface area contributed by atoms with Gasteiger partial charge in [-0.15, -0.1) is 0 Å². The first-order chi connectivity index (χ1) is 6.58. The van der Waals surface area contributed by atoms with Gasteiger partial charge in [0.25, 0.3) is 0 Å². The minimum atomic E-state index is -0.743. The maximum absolute atomic E-state index is 10.9. The van der Waals surface area contributed by atoms with Gasteiger partial charge >= 0.3 is 0 Å². The molecule has 0 aliphatic carbocycles. The summed E-state index contributed by atoms with van der Waals surface area (Å²) in [7, 11) is -0.743. The van der Waals surface area contributed by atoms with Gasteiger partial charge in [0.1, 0.15) is 5.76 Å². The van der Waals surface area contributed by atoms with Gasteiger partial charge in [0.15, 0.2) is 3.77 Å². The zero-order valence-corrected chi connectivity index (χ0v) is 11.2. The van der Waals surface area contributed by atoms with Gasteiger partial charge in [-0.25, -0.2) is 0 Å². The highest BCUT2D eigenvalue weighted by Crippen LogP contribution is 2.09. The quantitative estimate of drug-likeness (QED) is 0.838. The van der Waals surface area contributed by atoms with E-state index in [1.807, 2.05) is 19.1 Å². The van der Waals surface area contributed by atoms with E-state index in [4.69, 9.17) is 4.42 Å². The van der Waals surface area contributed by atoms with E-state index >= 15 is 0 Å². The third-order valence-electron chi connectivity index (χ3n) is 1.74. The van der Waals surface area contributed by atoms with Crippen molar-refractivity contribution in [2.75, 3.05) is 12.0 Å². The van der Waals surface area contributed by atoms with Crippen molar-refractivity contribution in [3.8, 4) is 0 Å². The zero-order valence-electron chi connectivity index (χ0n) is 8.25. The molecule has 0 saturated heterocycles. The Balaban J connectivity index is 2.30. The Morgan fingerprint density at radius 3 is 2.86 bits per heavy atom. The summed E-state index contributed by atoms with van der Waals surface area (Å²) in [5.41, 5.74) is 0. The molecule has 1 aromatic rings. The van der Waals surface area contributed by atoms with Gasteiger partial charge in [-0.1, -0.05) is 0 Å². The molecule has 0 bridgehead atoms. The fraction of sp³-hybridized carbons (Fsp3) is 0.556. The number of halogens is 1. The summed E-state index contributed by atoms with van der Waals surface area (Å²) >= 11 is 2.13. The van der Waals surface area contributed by atoms with Crippen LogP contribution in [-0.2, 0) is 17.3 Å². The summed E-state index contributed by atoms with van der Waals surface area (Å²) in [4.78, 5) is 0. The van der Waals surface area contributed by atoms with Gasteiger partial charge < -0.3 is 9.73 Å². The maximum Gasteiger partial charge on any atom is 0.164 e. The molecule has 1 rings (SSSR count). The lowest BCUT2D eigenvalue weighted by atomic mass is 10.3. The summed E-state index contributed by atoms with van der Waals surface area (Å²) in [5.74, 6) is 1.60. The molecule has 0 radical (unpaired) electrons. The third-order valence-corrected chi connectivity index (χ3v) is 3.29. The number of rotatable bonds is 5. The molecule has 0 aromatic carbocycles. The molecule has 2 atom stereocenters. The van der Waals surface area contributed by atoms with Crippen LogP contribution in [0.2, 0.25) is 0 Å². The number of hydrogen-bond acceptors (Lipinski definition) is 3. The molecule has 5 heteroatoms. The Labute approximate surface area is 100 Å². The Morgan fingerprint density at radius 2 is 2.36 bits per heavy atom. The highest BCUT2D eigenvalue weighted by molar-refractivity contribution is 14.1. The molecule has 1 heterocycles. The molecule has 1 N–H and O–H groups in total. The molecule has 0 aliphatic heterocycles. The Hall–Kier alpha value is 0.120. The average Bonchev–Trinajstić information content (AvgIpc) is 2.47. The van der Waals surface area contributed by atoms with Gasteiger partial charge in [0, 0.05) is 28.9 Å². The smallest absolute Gasteiger partial charge is 0.164 e. The van der Waals surface area contributed by atoms with Crippen LogP contribution >= 0.6 is 22.6 Å². The zero-order chi connectivity index (χ0) is 10.6. The summed E-state index contributed by atoms with van der Waals surface area (Å²) in [5, 5.41) is 3.25. The van der Waals surface area contributed by atoms with Crippen LogP contribution in [0, 0.1) is 3.77 Å². The normalized spacial score (nSPS) is 15.4. The lowest BCUT2D eigenvalue weighted by Gasteiger charge is -2.10. The molecule has 0 spiro atoms. The second-order valence-corrected chi connectivity index (χ2v) is 5.77. The van der Waals surface area contributed by atoms with E-state index in [9.17, 15) is 4.21 Å². The van der Waals surface area contributed by atoms with E-state index < -0.39 is 10.8 Å². The van der Waals surface area contributed by atoms with Gasteiger partial charge in [-0.2, -0.15) is 0 Å². The van der Waals surface area contributed by atoms with Crippen molar-refractivity contribution in [1.29, 1.82) is 0 Å². The van der Waals surface area contributed by atoms with Crippen LogP contribution in [0.3, 0.4) is 0 Å². The van der Waals surface area contributed by atoms with Crippen LogP contribution in [0.25, 0.3) is 0 Å². The lowest BCUT2D eigenvalue weighted by molar-refractivity contribution is 0.449. The first kappa shape index (κ1) is 12.2. The molecule has 0 aliphatic rings. The predicted molar refractivity (Wildman–Crippen MR) is 66.7 cm³/mol. The number of furan rings is 1. The monoisotopic (exact) mass is 327 g/mol. The van der Waals surface area contributed by atoms with Crippen molar-refractivity contribution in [1.82, 2.24) is 5.32 Å². The van der Waals surface area contributed by atoms with Crippen LogP contribution in [0.4, 0.5) is 0 Å². The predicted octanol–water partition coefficient (Wildman–Crippen LogP) is 1.74. The van der Waals surface area contributed by atoms with Gasteiger partial charge in [-0.05, 0) is 41.6 Å². The van der Waals surface area contributed by atoms with E-state index in [0.717, 1.165) is 9.53 Å². The van der Waals surface area contributed by atoms with E-state index in [-0.39, 0.29) is 6.04 Å². The fourth-order valence-corrected chi connectivity index (χ4v) is 2.42. The van der Waals surface area contributed by atoms with Crippen LogP contribution in [0.15, 0.2) is 16.5 Å². The van der Waals surface area contributed by atoms with E-state index in [0.29, 0.717) is 12.3 Å². The summed E-state index contributed by atoms with van der Waals surface area (Å²) in [6.45, 7) is 2.72. The van der Waals surface area contributed by atoms with Crippen molar-refractivity contribution in [2.24, 2.45) is 0 Å². The van der Waals surface area contributed by atoms with Gasteiger partial charge in [0.05, 0.1) is 6.54 Å². The minimum Gasteiger partial charge on any atom is -0.454 e. The topological polar surface area (TPSA) is 42.2 Å². The molecule has 3 nitrogen and oxygen atoms in total. The standard InChI is InChI=1S/C9H14INO2S/c1-7(6-14(2)12)11-5-8-3-4-9(10)13-8/h3-4,7,11H,5-6H2,1-2H3. The van der Waals surface area contributed by atoms with E-state index in [1.54, 1.807) is 6.26 Å². The third kappa shape index (κ3) is 4.56. The summed E-state index contributed by atoms with van der Waals surface area (Å²) in [6.07, 6.45) is 1.72. The molecule has 0 saturated carbocycles. The Morgan fingerprint density at radius 1 is 1.64 bits per heavy atom. The number of hydrogen-bond donors (Lipinski definition) is 1. The summed E-state index contributed by atoms with van der Waals surface area (Å²) < 4.78 is 17.2. The minimum absolute atomic E-state index is 0.253. The molecule has 1 aromatic heterocycles. The first-order valence-corrected chi connectivity index (χ1v) is 7.16. The van der Waals surface area contributed by atoms with E-state index in [2.05, 4.69) is 27.9 Å². The van der Waals surface area contributed by atoms with Crippen LogP contribution < -0.4 is 5.32 Å². The second kappa shape index (κ2) is 5.87. The molecular weight excluding hydrogens is 313 g/mol. The van der Waals surface area contributed by atoms with Crippen molar-refractivity contribution in [2.45, 2.75) is 19.5 Å². The molecule has 14 heavy (non-hydrogen) atoms. The largest absolute Gasteiger partial charge is 0.454 e. The lowest BCUT2D eigenvalue weighted by Crippen LogP contribution is -2.30. The first-order valence-electron chi connectivity index (χ1n) is 4.35. The second-order valence-electron chi connectivity index (χ2n) is 3.23. The Kier molecular flexibility index (Phi) is 5.11. The Bertz CT molecular complexity index is 314. The van der Waals surface area contributed by atoms with E-state index in [1.165, 1.54) is 0 Å². The van der Waals surface area contributed by atoms with Crippen molar-refractivity contribution < 1.29 is 8.63 Å². The maximum atomic E-state index is 10.9. The van der Waals surface area contributed by atoms with Gasteiger partial charge in [0.2, 0.25) is 0 Å². The van der Waals surface area contributed by atoms with Gasteiger partial charge in [-0.3, -0.25) is 4.21 Å². The van der Waals surface area contributed by atoms with Crippen LogP contribution in [0.5, 0.6) is 0 Å². The van der Waals surface area contributed by atoms with Crippen molar-refractivity contribution in [3.63, 3.8) is 0 Å². The summed E-state index contributed by atoms with van der Waals surface area (Å²) in [6, 6.07) is 4.13. The SMILES string of the molecule is CC(CS(C)=O)NCc1ccc(I)o1. The molecule has 0 amide bonds. The fourth-order valence-electron chi connectivity index (χ4n) is 1.13. The van der Waals surface area contributed by atoms with Crippen molar-refractivity contribution in [3.05, 3.63) is 21.7 Å². The number of nitrogens with one attached hydrogen (secondary N) is 1. The molecular formula is C9H14INO2S. The van der Waals surface area contributed by atoms with Crippen LogP contribution in [0.1, 0.15) is 12.7 Å². The highest BCUT2D eigenvalue weighted by Gasteiger charge is 2.05. The van der Waals surface area contributed by atoms with Crippen LogP contribution in [-0.4, -0.2) is 22.3 Å². The molecule has 0 fully saturated rings. The molecule has 2 unspecified atom stereocenters. The average molecular weight is 327 g/mol.